The number of aliphatic hydroxyl groups is 2. The third-order valence-electron chi connectivity index (χ3n) is 9.19. The summed E-state index contributed by atoms with van der Waals surface area (Å²) in [5.41, 5.74) is -4.49. The first-order chi connectivity index (χ1) is 19.0. The van der Waals surface area contributed by atoms with Crippen molar-refractivity contribution < 1.29 is 62.6 Å². The van der Waals surface area contributed by atoms with Gasteiger partial charge < -0.3 is 38.6 Å². The summed E-state index contributed by atoms with van der Waals surface area (Å²) in [6.45, 7) is 9.24. The third kappa shape index (κ3) is 5.01. The summed E-state index contributed by atoms with van der Waals surface area (Å²) in [4.78, 5) is 62.2. The molecule has 2 aliphatic carbocycles. The normalized spacial score (nSPS) is 44.4. The smallest absolute Gasteiger partial charge is 0.342 e. The molecule has 41 heavy (non-hydrogen) atoms. The molecule has 2 saturated heterocycles. The summed E-state index contributed by atoms with van der Waals surface area (Å²) < 4.78 is 34.5. The maximum atomic E-state index is 13.1. The van der Waals surface area contributed by atoms with Crippen molar-refractivity contribution in [3.8, 4) is 0 Å². The zero-order valence-corrected chi connectivity index (χ0v) is 24.2. The van der Waals surface area contributed by atoms with Crippen LogP contribution in [0.5, 0.6) is 0 Å². The first-order valence-electron chi connectivity index (χ1n) is 13.6. The van der Waals surface area contributed by atoms with Gasteiger partial charge in [-0.2, -0.15) is 0 Å². The van der Waals surface area contributed by atoms with Crippen molar-refractivity contribution in [3.63, 3.8) is 0 Å². The number of fused-ring (bicyclic) bond motifs is 1. The maximum Gasteiger partial charge on any atom is 0.342 e. The van der Waals surface area contributed by atoms with E-state index in [1.807, 2.05) is 0 Å². The van der Waals surface area contributed by atoms with Gasteiger partial charge in [0.15, 0.2) is 17.3 Å². The molecular formula is C28H38O13. The highest BCUT2D eigenvalue weighted by Crippen LogP contribution is 2.65. The molecule has 0 amide bonds. The molecule has 1 spiro atoms. The van der Waals surface area contributed by atoms with Crippen LogP contribution in [0.4, 0.5) is 0 Å². The van der Waals surface area contributed by atoms with E-state index < -0.39 is 94.9 Å². The minimum absolute atomic E-state index is 0.0471. The van der Waals surface area contributed by atoms with Gasteiger partial charge in [0, 0.05) is 51.9 Å². The van der Waals surface area contributed by atoms with Crippen LogP contribution in [0.2, 0.25) is 0 Å². The molecule has 0 bridgehead atoms. The lowest BCUT2D eigenvalue weighted by molar-refractivity contribution is -0.233. The number of hydrogen-bond acceptors (Lipinski definition) is 13. The Hall–Kier alpha value is -3.03. The van der Waals surface area contributed by atoms with Gasteiger partial charge in [-0.05, 0) is 24.5 Å². The van der Waals surface area contributed by atoms with Crippen molar-refractivity contribution in [2.75, 3.05) is 6.61 Å². The molecule has 2 aliphatic heterocycles. The molecule has 4 rings (SSSR count). The molecule has 228 valence electrons. The van der Waals surface area contributed by atoms with Gasteiger partial charge in [-0.1, -0.05) is 13.8 Å². The van der Waals surface area contributed by atoms with Crippen LogP contribution in [0.25, 0.3) is 0 Å². The molecule has 13 nitrogen and oxygen atoms in total. The summed E-state index contributed by atoms with van der Waals surface area (Å²) in [6, 6.07) is 0. The fourth-order valence-electron chi connectivity index (χ4n) is 7.14. The van der Waals surface area contributed by atoms with Crippen LogP contribution in [0, 0.1) is 17.3 Å². The molecule has 0 aromatic heterocycles. The minimum atomic E-state index is -1.63. The molecule has 4 aliphatic rings. The Balaban J connectivity index is 2.02. The Morgan fingerprint density at radius 3 is 2.00 bits per heavy atom. The molecular weight excluding hydrogens is 544 g/mol. The van der Waals surface area contributed by atoms with Crippen LogP contribution in [0.3, 0.4) is 0 Å². The lowest BCUT2D eigenvalue weighted by atomic mass is 9.53. The number of epoxide rings is 1. The van der Waals surface area contributed by atoms with E-state index in [4.69, 9.17) is 28.4 Å². The first kappa shape index (κ1) is 30.9. The summed E-state index contributed by atoms with van der Waals surface area (Å²) in [6.07, 6.45) is -6.07. The molecule has 1 saturated carbocycles. The van der Waals surface area contributed by atoms with Crippen molar-refractivity contribution >= 4 is 29.8 Å². The first-order valence-corrected chi connectivity index (χ1v) is 13.6. The summed E-state index contributed by atoms with van der Waals surface area (Å²) in [5, 5.41) is 22.7. The second-order valence-electron chi connectivity index (χ2n) is 11.8. The van der Waals surface area contributed by atoms with Gasteiger partial charge in [-0.25, -0.2) is 4.79 Å². The zero-order chi connectivity index (χ0) is 30.7. The van der Waals surface area contributed by atoms with Gasteiger partial charge >= 0.3 is 29.8 Å². The third-order valence-corrected chi connectivity index (χ3v) is 9.19. The van der Waals surface area contributed by atoms with Gasteiger partial charge in [-0.3, -0.25) is 19.2 Å². The average molecular weight is 583 g/mol. The van der Waals surface area contributed by atoms with Gasteiger partial charge in [0.05, 0.1) is 12.2 Å². The topological polar surface area (TPSA) is 184 Å². The van der Waals surface area contributed by atoms with Crippen LogP contribution < -0.4 is 0 Å². The summed E-state index contributed by atoms with van der Waals surface area (Å²) in [5.74, 6) is -5.07. The zero-order valence-electron chi connectivity index (χ0n) is 24.2. The SMILES string of the molecule is CC(=O)OC/C1=C/[C@H]2OC(=O)[C@@]3(C)O[C@@]23[C@H](OC(C)=O)[C@@H]2[C@H](C)[C@H](O)C[C@@H](OC(C)=O)[C@@]2(C)[C@H](OC(C)=O)C[C@@H]1O. The van der Waals surface area contributed by atoms with E-state index >= 15 is 0 Å². The van der Waals surface area contributed by atoms with Gasteiger partial charge in [0.25, 0.3) is 0 Å². The number of rotatable bonds is 5. The molecule has 2 heterocycles. The largest absolute Gasteiger partial charge is 0.462 e. The fraction of sp³-hybridized carbons (Fsp3) is 0.750. The van der Waals surface area contributed by atoms with Crippen molar-refractivity contribution in [3.05, 3.63) is 11.6 Å². The van der Waals surface area contributed by atoms with E-state index in [0.717, 1.165) is 0 Å². The Kier molecular flexibility index (Phi) is 8.04. The van der Waals surface area contributed by atoms with Crippen molar-refractivity contribution in [1.82, 2.24) is 0 Å². The summed E-state index contributed by atoms with van der Waals surface area (Å²) in [7, 11) is 0. The Morgan fingerprint density at radius 1 is 0.927 bits per heavy atom. The number of hydrogen-bond donors (Lipinski definition) is 2. The van der Waals surface area contributed by atoms with Crippen LogP contribution in [0.1, 0.15) is 61.3 Å². The Bertz CT molecular complexity index is 1160. The van der Waals surface area contributed by atoms with Crippen molar-refractivity contribution in [2.24, 2.45) is 17.3 Å². The molecule has 0 radical (unpaired) electrons. The second-order valence-corrected chi connectivity index (χ2v) is 11.8. The van der Waals surface area contributed by atoms with E-state index in [9.17, 15) is 34.2 Å². The van der Waals surface area contributed by atoms with E-state index in [0.29, 0.717) is 0 Å². The monoisotopic (exact) mass is 582 g/mol. The van der Waals surface area contributed by atoms with Crippen LogP contribution >= 0.6 is 0 Å². The molecule has 11 atom stereocenters. The quantitative estimate of drug-likeness (QED) is 0.198. The fourth-order valence-corrected chi connectivity index (χ4v) is 7.14. The highest BCUT2D eigenvalue weighted by Gasteiger charge is 2.87. The number of carbonyl (C=O) groups excluding carboxylic acids is 5. The molecule has 3 fully saturated rings. The molecule has 0 unspecified atom stereocenters. The number of carbonyl (C=O) groups is 5. The second kappa shape index (κ2) is 10.7. The van der Waals surface area contributed by atoms with Crippen LogP contribution in [0.15, 0.2) is 11.6 Å². The number of aliphatic hydroxyl groups excluding tert-OH is 2. The lowest BCUT2D eigenvalue weighted by Crippen LogP contribution is -2.66. The Labute approximate surface area is 237 Å². The average Bonchev–Trinajstić information content (AvgIpc) is 3.43. The lowest BCUT2D eigenvalue weighted by Gasteiger charge is -2.56. The Morgan fingerprint density at radius 2 is 1.49 bits per heavy atom. The van der Waals surface area contributed by atoms with Crippen LogP contribution in [-0.2, 0) is 52.4 Å². The predicted octanol–water partition coefficient (Wildman–Crippen LogP) is 0.512. The van der Waals surface area contributed by atoms with E-state index in [1.54, 1.807) is 13.8 Å². The summed E-state index contributed by atoms with van der Waals surface area (Å²) >= 11 is 0. The van der Waals surface area contributed by atoms with Gasteiger partial charge in [-0.15, -0.1) is 0 Å². The van der Waals surface area contributed by atoms with Gasteiger partial charge in [0.2, 0.25) is 0 Å². The predicted molar refractivity (Wildman–Crippen MR) is 135 cm³/mol. The minimum Gasteiger partial charge on any atom is -0.462 e. The highest BCUT2D eigenvalue weighted by atomic mass is 16.7. The number of ether oxygens (including phenoxy) is 6. The molecule has 0 aromatic carbocycles. The van der Waals surface area contributed by atoms with E-state index in [2.05, 4.69) is 0 Å². The number of esters is 5. The molecule has 2 N–H and O–H groups in total. The standard InChI is InChI=1S/C28H38O13/c1-12-18(33)9-20(37-14(3)30)26(6)21(38-15(4)31)10-19(34)17(11-36-13(2)29)8-22-28(24(23(12)26)39-16(5)32)27(7,41-28)25(35)40-22/h8,12,18-24,33-34H,9-11H2,1-7H3/b17-8-/t12-,18-,19+,20-,21-,22-,23+,24-,26+,27-,28-/m1/s1. The maximum absolute atomic E-state index is 13.1. The van der Waals surface area contributed by atoms with Gasteiger partial charge in [0.1, 0.15) is 24.9 Å². The van der Waals surface area contributed by atoms with Crippen molar-refractivity contribution in [2.45, 2.75) is 109 Å². The van der Waals surface area contributed by atoms with Crippen molar-refractivity contribution in [1.29, 1.82) is 0 Å². The molecule has 0 aromatic rings. The molecule has 13 heteroatoms. The van der Waals surface area contributed by atoms with E-state index in [1.165, 1.54) is 40.7 Å². The highest BCUT2D eigenvalue weighted by molar-refractivity contribution is 5.89. The van der Waals surface area contributed by atoms with E-state index in [-0.39, 0.29) is 25.0 Å². The van der Waals surface area contributed by atoms with Crippen LogP contribution in [-0.4, -0.2) is 94.5 Å².